The molecule has 0 aliphatic carbocycles. The van der Waals surface area contributed by atoms with Gasteiger partial charge in [-0.1, -0.05) is 26.0 Å². The van der Waals surface area contributed by atoms with Gasteiger partial charge in [-0.05, 0) is 54.8 Å². The lowest BCUT2D eigenvalue weighted by Crippen LogP contribution is -2.36. The van der Waals surface area contributed by atoms with Crippen molar-refractivity contribution >= 4 is 28.9 Å². The Labute approximate surface area is 200 Å². The van der Waals surface area contributed by atoms with E-state index < -0.39 is 6.04 Å². The lowest BCUT2D eigenvalue weighted by molar-refractivity contribution is -0.119. The maximum atomic E-state index is 11.7. The fourth-order valence-corrected chi connectivity index (χ4v) is 3.94. The summed E-state index contributed by atoms with van der Waals surface area (Å²) in [7, 11) is 0. The number of ether oxygens (including phenoxy) is 1. The Bertz CT molecular complexity index is 1080. The van der Waals surface area contributed by atoms with E-state index in [1.54, 1.807) is 6.20 Å². The molecule has 0 spiro atoms. The molecule has 3 aromatic rings. The number of carbonyl (C=O) groups is 1. The molecule has 0 bridgehead atoms. The van der Waals surface area contributed by atoms with Gasteiger partial charge in [-0.25, -0.2) is 9.97 Å². The van der Waals surface area contributed by atoms with Crippen LogP contribution >= 0.6 is 0 Å². The first-order chi connectivity index (χ1) is 16.5. The van der Waals surface area contributed by atoms with Gasteiger partial charge in [0.15, 0.2) is 0 Å². The van der Waals surface area contributed by atoms with Gasteiger partial charge in [0.25, 0.3) is 0 Å². The summed E-state index contributed by atoms with van der Waals surface area (Å²) in [5.41, 5.74) is 10.3. The molecule has 1 aliphatic rings. The zero-order valence-corrected chi connectivity index (χ0v) is 19.7. The number of aromatic nitrogens is 2. The molecule has 1 saturated heterocycles. The third kappa shape index (κ3) is 6.23. The minimum absolute atomic E-state index is 0.345. The van der Waals surface area contributed by atoms with Crippen LogP contribution in [0.1, 0.15) is 20.3 Å². The third-order valence-corrected chi connectivity index (χ3v) is 5.73. The van der Waals surface area contributed by atoms with Crippen LogP contribution in [0.3, 0.4) is 0 Å². The highest BCUT2D eigenvalue weighted by Crippen LogP contribution is 2.24. The predicted octanol–water partition coefficient (Wildman–Crippen LogP) is 4.04. The lowest BCUT2D eigenvalue weighted by Gasteiger charge is -2.28. The molecule has 2 heterocycles. The summed E-state index contributed by atoms with van der Waals surface area (Å²) in [4.78, 5) is 23.1. The van der Waals surface area contributed by atoms with Gasteiger partial charge in [-0.2, -0.15) is 0 Å². The number of carbonyl (C=O) groups excluding carboxylic acids is 1. The fourth-order valence-electron chi connectivity index (χ4n) is 3.94. The van der Waals surface area contributed by atoms with E-state index in [2.05, 4.69) is 51.5 Å². The molecule has 1 atom stereocenters. The molecular weight excluding hydrogens is 428 g/mol. The molecule has 8 heteroatoms. The van der Waals surface area contributed by atoms with E-state index in [9.17, 15) is 4.79 Å². The number of morpholine rings is 1. The first-order valence-corrected chi connectivity index (χ1v) is 11.7. The first kappa shape index (κ1) is 23.5. The largest absolute Gasteiger partial charge is 0.378 e. The Morgan fingerprint density at radius 1 is 1.03 bits per heavy atom. The monoisotopic (exact) mass is 460 g/mol. The molecule has 0 saturated carbocycles. The number of benzene rings is 2. The SMILES string of the molecule is CC(C)C[C@@H](Nc1ccc(-c2ccnc(Nc3ccc(N4CCOCC4)cc3)n2)cc1)C(N)=O. The molecule has 1 aliphatic heterocycles. The molecule has 4 rings (SSSR count). The second kappa shape index (κ2) is 11.0. The van der Waals surface area contributed by atoms with Crippen molar-refractivity contribution in [3.63, 3.8) is 0 Å². The van der Waals surface area contributed by atoms with Gasteiger partial charge in [-0.15, -0.1) is 0 Å². The van der Waals surface area contributed by atoms with Crippen LogP contribution in [0.4, 0.5) is 23.0 Å². The molecule has 2 aromatic carbocycles. The number of hydrogen-bond acceptors (Lipinski definition) is 7. The standard InChI is InChI=1S/C26H32N6O2/c1-18(2)17-24(25(27)33)29-20-5-3-19(4-6-20)23-11-12-28-26(31-23)30-21-7-9-22(10-8-21)32-13-15-34-16-14-32/h3-12,18,24,29H,13-17H2,1-2H3,(H2,27,33)(H,28,30,31)/t24-/m1/s1. The molecule has 1 fully saturated rings. The Morgan fingerprint density at radius 2 is 1.71 bits per heavy atom. The zero-order valence-electron chi connectivity index (χ0n) is 19.7. The van der Waals surface area contributed by atoms with Crippen molar-refractivity contribution < 1.29 is 9.53 Å². The number of hydrogen-bond donors (Lipinski definition) is 3. The molecule has 1 aromatic heterocycles. The summed E-state index contributed by atoms with van der Waals surface area (Å²) in [6.45, 7) is 7.49. The maximum Gasteiger partial charge on any atom is 0.239 e. The van der Waals surface area contributed by atoms with Crippen LogP contribution in [0.15, 0.2) is 60.8 Å². The second-order valence-corrected chi connectivity index (χ2v) is 8.84. The molecule has 178 valence electrons. The average molecular weight is 461 g/mol. The molecule has 34 heavy (non-hydrogen) atoms. The molecule has 8 nitrogen and oxygen atoms in total. The van der Waals surface area contributed by atoms with Gasteiger partial charge in [0.1, 0.15) is 6.04 Å². The molecule has 0 radical (unpaired) electrons. The highest BCUT2D eigenvalue weighted by molar-refractivity contribution is 5.83. The van der Waals surface area contributed by atoms with Gasteiger partial charge >= 0.3 is 0 Å². The number of nitrogens with two attached hydrogens (primary N) is 1. The van der Waals surface area contributed by atoms with Crippen LogP contribution in [0.5, 0.6) is 0 Å². The summed E-state index contributed by atoms with van der Waals surface area (Å²) < 4.78 is 5.43. The summed E-state index contributed by atoms with van der Waals surface area (Å²) in [6, 6.07) is 17.6. The van der Waals surface area contributed by atoms with Crippen molar-refractivity contribution in [3.05, 3.63) is 60.8 Å². The lowest BCUT2D eigenvalue weighted by atomic mass is 10.0. The van der Waals surface area contributed by atoms with E-state index in [1.807, 2.05) is 42.5 Å². The summed E-state index contributed by atoms with van der Waals surface area (Å²) in [5.74, 6) is 0.554. The molecule has 0 unspecified atom stereocenters. The second-order valence-electron chi connectivity index (χ2n) is 8.84. The van der Waals surface area contributed by atoms with Gasteiger partial charge in [0, 0.05) is 41.9 Å². The third-order valence-electron chi connectivity index (χ3n) is 5.73. The van der Waals surface area contributed by atoms with E-state index in [1.165, 1.54) is 5.69 Å². The first-order valence-electron chi connectivity index (χ1n) is 11.7. The summed E-state index contributed by atoms with van der Waals surface area (Å²) >= 11 is 0. The van der Waals surface area contributed by atoms with Gasteiger partial charge in [-0.3, -0.25) is 4.79 Å². The zero-order chi connectivity index (χ0) is 23.9. The van der Waals surface area contributed by atoms with Crippen molar-refractivity contribution in [2.24, 2.45) is 11.7 Å². The van der Waals surface area contributed by atoms with Gasteiger partial charge < -0.3 is 26.0 Å². The molecular formula is C26H32N6O2. The smallest absolute Gasteiger partial charge is 0.239 e. The molecule has 1 amide bonds. The topological polar surface area (TPSA) is 105 Å². The quantitative estimate of drug-likeness (QED) is 0.443. The van der Waals surface area contributed by atoms with Crippen LogP contribution in [0, 0.1) is 5.92 Å². The number of primary amides is 1. The van der Waals surface area contributed by atoms with Gasteiger partial charge in [0.05, 0.1) is 18.9 Å². The summed E-state index contributed by atoms with van der Waals surface area (Å²) in [6.07, 6.45) is 2.43. The minimum atomic E-state index is -0.393. The maximum absolute atomic E-state index is 11.7. The fraction of sp³-hybridized carbons (Fsp3) is 0.346. The average Bonchev–Trinajstić information content (AvgIpc) is 2.85. The van der Waals surface area contributed by atoms with E-state index in [0.29, 0.717) is 18.3 Å². The van der Waals surface area contributed by atoms with Crippen molar-refractivity contribution in [3.8, 4) is 11.3 Å². The highest BCUT2D eigenvalue weighted by atomic mass is 16.5. The summed E-state index contributed by atoms with van der Waals surface area (Å²) in [5, 5.41) is 6.51. The molecule has 4 N–H and O–H groups in total. The van der Waals surface area contributed by atoms with Crippen molar-refractivity contribution in [1.29, 1.82) is 0 Å². The van der Waals surface area contributed by atoms with Crippen molar-refractivity contribution in [2.45, 2.75) is 26.3 Å². The number of nitrogens with one attached hydrogen (secondary N) is 2. The number of amides is 1. The van der Waals surface area contributed by atoms with Crippen molar-refractivity contribution in [1.82, 2.24) is 9.97 Å². The van der Waals surface area contributed by atoms with Crippen LogP contribution < -0.4 is 21.3 Å². The van der Waals surface area contributed by atoms with E-state index in [4.69, 9.17) is 10.5 Å². The number of rotatable bonds is 9. The van der Waals surface area contributed by atoms with Crippen LogP contribution in [0.2, 0.25) is 0 Å². The normalized spacial score (nSPS) is 14.6. The van der Waals surface area contributed by atoms with Crippen molar-refractivity contribution in [2.75, 3.05) is 41.8 Å². The van der Waals surface area contributed by atoms with E-state index >= 15 is 0 Å². The number of nitrogens with zero attached hydrogens (tertiary/aromatic N) is 3. The van der Waals surface area contributed by atoms with Crippen LogP contribution in [-0.4, -0.2) is 48.2 Å². The van der Waals surface area contributed by atoms with Gasteiger partial charge in [0.2, 0.25) is 11.9 Å². The minimum Gasteiger partial charge on any atom is -0.378 e. The van der Waals surface area contributed by atoms with Crippen LogP contribution in [-0.2, 0) is 9.53 Å². The Hall–Kier alpha value is -3.65. The Morgan fingerprint density at radius 3 is 2.35 bits per heavy atom. The Balaban J connectivity index is 1.41. The highest BCUT2D eigenvalue weighted by Gasteiger charge is 2.16. The predicted molar refractivity (Wildman–Crippen MR) is 136 cm³/mol. The van der Waals surface area contributed by atoms with E-state index in [0.717, 1.165) is 48.9 Å². The van der Waals surface area contributed by atoms with Crippen LogP contribution in [0.25, 0.3) is 11.3 Å². The number of anilines is 4. The van der Waals surface area contributed by atoms with E-state index in [-0.39, 0.29) is 5.91 Å². The Kier molecular flexibility index (Phi) is 7.59.